The molecule has 2 saturated heterocycles. The molecule has 11 heteroatoms. The van der Waals surface area contributed by atoms with E-state index in [-0.39, 0.29) is 11.5 Å². The Morgan fingerprint density at radius 1 is 0.929 bits per heavy atom. The molecule has 0 unspecified atom stereocenters. The number of amides is 2. The Morgan fingerprint density at radius 3 is 1.98 bits per heavy atom. The predicted octanol–water partition coefficient (Wildman–Crippen LogP) is 5.83. The zero-order valence-electron chi connectivity index (χ0n) is 23.8. The zero-order chi connectivity index (χ0) is 30.6. The number of methoxy groups -OCH3 is 1. The Bertz CT molecular complexity index is 1350. The molecule has 2 aliphatic heterocycles. The predicted molar refractivity (Wildman–Crippen MR) is 148 cm³/mol. The highest BCUT2D eigenvalue weighted by Crippen LogP contribution is 2.53. The average Bonchev–Trinajstić information content (AvgIpc) is 3.42. The molecule has 7 nitrogen and oxygen atoms in total. The number of nitrogens with zero attached hydrogens (tertiary/aromatic N) is 1. The standard InChI is InChI=1S/C31H34ClF3N2O5/c1-29(2,3)17-7-13-21(14-8-17)37-26(38)23-24(27(37)39)30(36-25(23)28(40)41-4,18-5-11-20(32)12-6-18)19-9-15-22(16-10-19)42-31(33,34)35/h5-6,9-12,15-17,21,23-25,36H,7-8,13-14H2,1-4H3/t17?,21?,23-,24+,25-,30-/m1/s1. The third-order valence-electron chi connectivity index (χ3n) is 9.18. The van der Waals surface area contributed by atoms with Gasteiger partial charge in [0.1, 0.15) is 11.8 Å². The highest BCUT2D eigenvalue weighted by Gasteiger charge is 2.68. The molecule has 2 heterocycles. The molecule has 5 rings (SSSR count). The normalized spacial score (nSPS) is 29.9. The van der Waals surface area contributed by atoms with Crippen LogP contribution < -0.4 is 10.1 Å². The van der Waals surface area contributed by atoms with Gasteiger partial charge in [-0.1, -0.05) is 56.6 Å². The number of rotatable bonds is 5. The quantitative estimate of drug-likeness (QED) is 0.340. The van der Waals surface area contributed by atoms with E-state index in [0.29, 0.717) is 34.9 Å². The molecule has 0 aromatic heterocycles. The van der Waals surface area contributed by atoms with Crippen molar-refractivity contribution in [3.8, 4) is 5.75 Å². The van der Waals surface area contributed by atoms with E-state index in [4.69, 9.17) is 16.3 Å². The Labute approximate surface area is 247 Å². The molecule has 4 atom stereocenters. The summed E-state index contributed by atoms with van der Waals surface area (Å²) in [4.78, 5) is 43.0. The lowest BCUT2D eigenvalue weighted by Crippen LogP contribution is -2.53. The lowest BCUT2D eigenvalue weighted by Gasteiger charge is -2.41. The van der Waals surface area contributed by atoms with E-state index < -0.39 is 53.3 Å². The van der Waals surface area contributed by atoms with Gasteiger partial charge in [0.25, 0.3) is 0 Å². The molecule has 1 N–H and O–H groups in total. The van der Waals surface area contributed by atoms with E-state index in [1.807, 2.05) is 0 Å². The Hall–Kier alpha value is -3.11. The lowest BCUT2D eigenvalue weighted by molar-refractivity contribution is -0.274. The van der Waals surface area contributed by atoms with Crippen molar-refractivity contribution in [1.82, 2.24) is 10.2 Å². The second-order valence-corrected chi connectivity index (χ2v) is 12.9. The van der Waals surface area contributed by atoms with E-state index in [1.165, 1.54) is 24.1 Å². The fraction of sp³-hybridized carbons (Fsp3) is 0.516. The summed E-state index contributed by atoms with van der Waals surface area (Å²) in [6.07, 6.45) is -1.84. The molecule has 2 aromatic carbocycles. The molecule has 1 aliphatic carbocycles. The number of halogens is 4. The molecule has 0 bridgehead atoms. The van der Waals surface area contributed by atoms with E-state index in [2.05, 4.69) is 30.8 Å². The lowest BCUT2D eigenvalue weighted by atomic mass is 9.71. The van der Waals surface area contributed by atoms with Gasteiger partial charge in [-0.25, -0.2) is 0 Å². The van der Waals surface area contributed by atoms with E-state index in [0.717, 1.165) is 25.0 Å². The van der Waals surface area contributed by atoms with Gasteiger partial charge in [-0.15, -0.1) is 13.2 Å². The van der Waals surface area contributed by atoms with Gasteiger partial charge >= 0.3 is 12.3 Å². The van der Waals surface area contributed by atoms with Gasteiger partial charge in [-0.05, 0) is 72.4 Å². The van der Waals surface area contributed by atoms with Crippen LogP contribution in [0.2, 0.25) is 5.02 Å². The van der Waals surface area contributed by atoms with Gasteiger partial charge in [0, 0.05) is 11.1 Å². The summed E-state index contributed by atoms with van der Waals surface area (Å²) in [6.45, 7) is 6.56. The van der Waals surface area contributed by atoms with Crippen LogP contribution >= 0.6 is 11.6 Å². The SMILES string of the molecule is COC(=O)[C@@H]1N[C@](c2ccc(Cl)cc2)(c2ccc(OC(F)(F)F)cc2)[C@@H]2C(=O)N(C3CCC(C(C)(C)C)CC3)C(=O)[C@H]21. The number of nitrogens with one attached hydrogen (secondary N) is 1. The molecular weight excluding hydrogens is 573 g/mol. The molecule has 42 heavy (non-hydrogen) atoms. The molecule has 0 spiro atoms. The number of fused-ring (bicyclic) bond motifs is 1. The summed E-state index contributed by atoms with van der Waals surface area (Å²) in [5, 5.41) is 3.66. The van der Waals surface area contributed by atoms with Crippen molar-refractivity contribution in [2.75, 3.05) is 7.11 Å². The van der Waals surface area contributed by atoms with Crippen molar-refractivity contribution < 1.29 is 37.0 Å². The molecule has 2 aromatic rings. The van der Waals surface area contributed by atoms with Gasteiger partial charge in [0.15, 0.2) is 0 Å². The number of carbonyl (C=O) groups excluding carboxylic acids is 3. The van der Waals surface area contributed by atoms with Gasteiger partial charge < -0.3 is 9.47 Å². The molecular formula is C31H34ClF3N2O5. The summed E-state index contributed by atoms with van der Waals surface area (Å²) in [5.74, 6) is -3.71. The molecule has 3 fully saturated rings. The highest BCUT2D eigenvalue weighted by molar-refractivity contribution is 6.30. The van der Waals surface area contributed by atoms with Crippen LogP contribution in [0.1, 0.15) is 57.6 Å². The summed E-state index contributed by atoms with van der Waals surface area (Å²) in [7, 11) is 1.21. The molecule has 3 aliphatic rings. The second kappa shape index (κ2) is 10.9. The zero-order valence-corrected chi connectivity index (χ0v) is 24.6. The van der Waals surface area contributed by atoms with Crippen molar-refractivity contribution in [1.29, 1.82) is 0 Å². The number of hydrogen-bond donors (Lipinski definition) is 1. The van der Waals surface area contributed by atoms with Gasteiger partial charge in [0.05, 0.1) is 24.5 Å². The number of alkyl halides is 3. The third-order valence-corrected chi connectivity index (χ3v) is 9.43. The largest absolute Gasteiger partial charge is 0.573 e. The minimum atomic E-state index is -4.89. The maximum absolute atomic E-state index is 14.4. The monoisotopic (exact) mass is 606 g/mol. The van der Waals surface area contributed by atoms with Crippen molar-refractivity contribution in [3.05, 3.63) is 64.7 Å². The Kier molecular flexibility index (Phi) is 7.85. The number of hydrogen-bond acceptors (Lipinski definition) is 6. The van der Waals surface area contributed by atoms with Crippen molar-refractivity contribution in [2.24, 2.45) is 23.2 Å². The fourth-order valence-corrected chi connectivity index (χ4v) is 7.27. The minimum Gasteiger partial charge on any atom is -0.468 e. The van der Waals surface area contributed by atoms with Gasteiger partial charge in [0.2, 0.25) is 11.8 Å². The number of carbonyl (C=O) groups is 3. The molecule has 2 amide bonds. The number of ether oxygens (including phenoxy) is 2. The summed E-state index contributed by atoms with van der Waals surface area (Å²) in [6, 6.07) is 10.2. The summed E-state index contributed by atoms with van der Waals surface area (Å²) < 4.78 is 47.8. The molecule has 0 radical (unpaired) electrons. The van der Waals surface area contributed by atoms with Crippen LogP contribution in [-0.2, 0) is 24.7 Å². The van der Waals surface area contributed by atoms with Crippen LogP contribution in [0.5, 0.6) is 5.75 Å². The number of imide groups is 1. The summed E-state index contributed by atoms with van der Waals surface area (Å²) in [5.41, 5.74) is -0.432. The van der Waals surface area contributed by atoms with Gasteiger partial charge in [-0.2, -0.15) is 0 Å². The number of esters is 1. The minimum absolute atomic E-state index is 0.103. The van der Waals surface area contributed by atoms with Crippen LogP contribution in [0.25, 0.3) is 0 Å². The van der Waals surface area contributed by atoms with Crippen LogP contribution in [0.15, 0.2) is 48.5 Å². The Morgan fingerprint density at radius 2 is 1.48 bits per heavy atom. The first-order chi connectivity index (χ1) is 19.7. The van der Waals surface area contributed by atoms with Crippen LogP contribution in [0, 0.1) is 23.2 Å². The third kappa shape index (κ3) is 5.28. The van der Waals surface area contributed by atoms with E-state index in [1.54, 1.807) is 24.3 Å². The van der Waals surface area contributed by atoms with E-state index in [9.17, 15) is 27.6 Å². The second-order valence-electron chi connectivity index (χ2n) is 12.5. The maximum atomic E-state index is 14.4. The molecule has 226 valence electrons. The van der Waals surface area contributed by atoms with Crippen LogP contribution in [0.4, 0.5) is 13.2 Å². The average molecular weight is 607 g/mol. The van der Waals surface area contributed by atoms with E-state index >= 15 is 0 Å². The van der Waals surface area contributed by atoms with Crippen molar-refractivity contribution in [2.45, 2.75) is 70.4 Å². The fourth-order valence-electron chi connectivity index (χ4n) is 7.15. The Balaban J connectivity index is 1.61. The number of likely N-dealkylation sites (tertiary alicyclic amines) is 1. The summed E-state index contributed by atoms with van der Waals surface area (Å²) >= 11 is 6.18. The van der Waals surface area contributed by atoms with Crippen LogP contribution in [-0.4, -0.2) is 48.2 Å². The molecule has 1 saturated carbocycles. The highest BCUT2D eigenvalue weighted by atomic mass is 35.5. The first kappa shape index (κ1) is 30.4. The van der Waals surface area contributed by atoms with Crippen molar-refractivity contribution in [3.63, 3.8) is 0 Å². The first-order valence-corrected chi connectivity index (χ1v) is 14.4. The van der Waals surface area contributed by atoms with Crippen LogP contribution in [0.3, 0.4) is 0 Å². The number of benzene rings is 2. The topological polar surface area (TPSA) is 84.9 Å². The van der Waals surface area contributed by atoms with Crippen molar-refractivity contribution >= 4 is 29.4 Å². The maximum Gasteiger partial charge on any atom is 0.573 e. The smallest absolute Gasteiger partial charge is 0.468 e. The first-order valence-electron chi connectivity index (χ1n) is 14.0. The van der Waals surface area contributed by atoms with Gasteiger partial charge in [-0.3, -0.25) is 24.6 Å².